The SMILES string of the molecule is NC(=O)[C@H](Cc1ccc(O)c([N+](=O)[O-])c1)NC(=O)[C@H](CC(=O)O)NC(=O)[C@H](CO)NC(=O)[C@H](Cc1c[nH]c2ccccc12)NC(=O)[C@H](Cc1cnc[nH]1)NC(=O)c1ccccc1N. The molecule has 23 heteroatoms. The smallest absolute Gasteiger partial charge is 0.310 e. The number of nitrogen functional groups attached to an aromatic ring is 1. The minimum Gasteiger partial charge on any atom is -0.502 e. The number of hydrogen-bond donors (Lipinski definition) is 12. The lowest BCUT2D eigenvalue weighted by Crippen LogP contribution is -2.60. The van der Waals surface area contributed by atoms with Gasteiger partial charge in [0, 0.05) is 60.0 Å². The number of amides is 6. The number of imidazole rings is 1. The van der Waals surface area contributed by atoms with Crippen LogP contribution in [0.15, 0.2) is 85.5 Å². The van der Waals surface area contributed by atoms with Crippen molar-refractivity contribution < 1.29 is 53.8 Å². The summed E-state index contributed by atoms with van der Waals surface area (Å²) < 4.78 is 0. The molecule has 0 radical (unpaired) electrons. The Bertz CT molecular complexity index is 2510. The number of benzene rings is 3. The zero-order chi connectivity index (χ0) is 45.8. The van der Waals surface area contributed by atoms with Gasteiger partial charge >= 0.3 is 11.7 Å². The molecule has 0 aliphatic rings. The average Bonchev–Trinajstić information content (AvgIpc) is 3.92. The fraction of sp³-hybridized carbons (Fsp3) is 0.250. The number of aliphatic hydroxyl groups excluding tert-OH is 1. The third kappa shape index (κ3) is 12.1. The number of carboxylic acids is 1. The third-order valence-electron chi connectivity index (χ3n) is 9.70. The van der Waals surface area contributed by atoms with Crippen molar-refractivity contribution in [2.75, 3.05) is 12.3 Å². The molecule has 3 aromatic carbocycles. The van der Waals surface area contributed by atoms with Crippen molar-refractivity contribution in [3.63, 3.8) is 0 Å². The van der Waals surface area contributed by atoms with E-state index >= 15 is 0 Å². The zero-order valence-corrected chi connectivity index (χ0v) is 33.1. The molecule has 0 bridgehead atoms. The number of aromatic amines is 2. The van der Waals surface area contributed by atoms with Gasteiger partial charge in [-0.3, -0.25) is 43.7 Å². The number of nitrogens with two attached hydrogens (primary N) is 2. The van der Waals surface area contributed by atoms with Crippen LogP contribution < -0.4 is 38.1 Å². The lowest BCUT2D eigenvalue weighted by Gasteiger charge is -2.26. The van der Waals surface area contributed by atoms with Gasteiger partial charge in [-0.05, 0) is 35.4 Å². The quantitative estimate of drug-likeness (QED) is 0.0234. The molecule has 6 amide bonds. The standard InChI is InChI=1S/C40H43N11O12/c41-25-7-3-1-6-24(25)36(57)47-29(14-22-17-43-19-45-22)38(59)48-28(13-21-16-44-26-8-4-2-5-23(21)26)37(58)50-31(18-52)40(61)49-30(15-34(54)55)39(60)46-27(35(42)56)11-20-9-10-33(53)32(12-20)51(62)63/h1-10,12,16-17,19,27-31,44,52-53H,11,13-15,18,41H2,(H2,42,56)(H,43,45)(H,46,60)(H,47,57)(H,48,59)(H,49,61)(H,50,58)(H,54,55)/t27-,28-,29-,30-,31-/m0/s1. The number of primary amides is 1. The fourth-order valence-electron chi connectivity index (χ4n) is 6.46. The van der Waals surface area contributed by atoms with E-state index in [0.29, 0.717) is 22.2 Å². The highest BCUT2D eigenvalue weighted by molar-refractivity contribution is 6.02. The maximum absolute atomic E-state index is 14.1. The van der Waals surface area contributed by atoms with Crippen molar-refractivity contribution >= 4 is 63.7 Å². The number of nitro benzene ring substituents is 1. The van der Waals surface area contributed by atoms with Crippen molar-refractivity contribution in [1.29, 1.82) is 0 Å². The first-order valence-corrected chi connectivity index (χ1v) is 19.0. The van der Waals surface area contributed by atoms with E-state index in [1.54, 1.807) is 42.6 Å². The molecule has 63 heavy (non-hydrogen) atoms. The number of aliphatic hydroxyl groups is 1. The summed E-state index contributed by atoms with van der Waals surface area (Å²) in [5.41, 5.74) is 12.7. The summed E-state index contributed by atoms with van der Waals surface area (Å²) in [5.74, 6) is -8.44. The largest absolute Gasteiger partial charge is 0.502 e. The van der Waals surface area contributed by atoms with Crippen molar-refractivity contribution in [2.45, 2.75) is 55.9 Å². The van der Waals surface area contributed by atoms with E-state index < -0.39 is 107 Å². The second kappa shape index (κ2) is 20.8. The number of anilines is 1. The molecule has 0 aliphatic heterocycles. The number of carbonyl (C=O) groups excluding carboxylic acids is 6. The number of aliphatic carboxylic acids is 1. The van der Waals surface area contributed by atoms with E-state index in [1.165, 1.54) is 30.7 Å². The monoisotopic (exact) mass is 869 g/mol. The minimum absolute atomic E-state index is 0.0773. The number of nitro groups is 1. The van der Waals surface area contributed by atoms with Crippen LogP contribution in [-0.4, -0.2) is 113 Å². The van der Waals surface area contributed by atoms with Crippen molar-refractivity contribution in [2.24, 2.45) is 5.73 Å². The summed E-state index contributed by atoms with van der Waals surface area (Å²) in [6.07, 6.45) is 2.58. The first kappa shape index (κ1) is 45.7. The minimum atomic E-state index is -1.93. The Labute approximate surface area is 356 Å². The van der Waals surface area contributed by atoms with Crippen LogP contribution in [0.1, 0.15) is 33.6 Å². The number of H-pyrrole nitrogens is 2. The summed E-state index contributed by atoms with van der Waals surface area (Å²) in [5, 5.41) is 53.5. The van der Waals surface area contributed by atoms with Crippen LogP contribution in [0.25, 0.3) is 10.9 Å². The van der Waals surface area contributed by atoms with Gasteiger partial charge in [0.25, 0.3) is 5.91 Å². The molecule has 14 N–H and O–H groups in total. The highest BCUT2D eigenvalue weighted by Gasteiger charge is 2.34. The van der Waals surface area contributed by atoms with Crippen molar-refractivity contribution in [3.8, 4) is 5.75 Å². The summed E-state index contributed by atoms with van der Waals surface area (Å²) >= 11 is 0. The third-order valence-corrected chi connectivity index (χ3v) is 9.70. The normalized spacial score (nSPS) is 13.3. The molecular formula is C40H43N11O12. The van der Waals surface area contributed by atoms with Gasteiger partial charge in [0.05, 0.1) is 29.8 Å². The highest BCUT2D eigenvalue weighted by atomic mass is 16.6. The number of phenolic OH excluding ortho intramolecular Hbond substituents is 1. The predicted molar refractivity (Wildman–Crippen MR) is 221 cm³/mol. The summed E-state index contributed by atoms with van der Waals surface area (Å²) in [7, 11) is 0. The number of fused-ring (bicyclic) bond motifs is 1. The molecular weight excluding hydrogens is 827 g/mol. The Morgan fingerprint density at radius 3 is 2.03 bits per heavy atom. The Hall–Kier alpha value is -8.34. The average molecular weight is 870 g/mol. The van der Waals surface area contributed by atoms with Crippen LogP contribution in [-0.2, 0) is 48.0 Å². The van der Waals surface area contributed by atoms with Gasteiger partial charge < -0.3 is 63.3 Å². The van der Waals surface area contributed by atoms with Gasteiger partial charge in [0.2, 0.25) is 29.5 Å². The molecule has 0 fully saturated rings. The Morgan fingerprint density at radius 1 is 0.762 bits per heavy atom. The number of nitrogens with one attached hydrogen (secondary N) is 7. The maximum atomic E-state index is 14.1. The molecule has 0 saturated carbocycles. The second-order valence-corrected chi connectivity index (χ2v) is 14.2. The molecule has 0 spiro atoms. The van der Waals surface area contributed by atoms with Gasteiger partial charge in [0.1, 0.15) is 30.2 Å². The number of aromatic nitrogens is 3. The number of hydrogen-bond acceptors (Lipinski definition) is 13. The number of nitrogens with zero attached hydrogens (tertiary/aromatic N) is 2. The molecule has 5 rings (SSSR count). The highest BCUT2D eigenvalue weighted by Crippen LogP contribution is 2.27. The number of carbonyl (C=O) groups is 7. The number of carboxylic acid groups (broad SMARTS) is 1. The van der Waals surface area contributed by atoms with E-state index in [2.05, 4.69) is 41.5 Å². The van der Waals surface area contributed by atoms with Crippen LogP contribution in [0, 0.1) is 10.1 Å². The van der Waals surface area contributed by atoms with Crippen LogP contribution >= 0.6 is 0 Å². The molecule has 2 heterocycles. The van der Waals surface area contributed by atoms with E-state index in [-0.39, 0.29) is 29.7 Å². The lowest BCUT2D eigenvalue weighted by molar-refractivity contribution is -0.385. The molecule has 2 aromatic heterocycles. The summed E-state index contributed by atoms with van der Waals surface area (Å²) in [6.45, 7) is -1.09. The van der Waals surface area contributed by atoms with Crippen LogP contribution in [0.2, 0.25) is 0 Å². The molecule has 5 atom stereocenters. The Kier molecular flexibility index (Phi) is 15.1. The molecule has 0 unspecified atom stereocenters. The first-order chi connectivity index (χ1) is 30.0. The number of rotatable bonds is 21. The van der Waals surface area contributed by atoms with Gasteiger partial charge in [-0.2, -0.15) is 0 Å². The molecule has 5 aromatic rings. The van der Waals surface area contributed by atoms with Gasteiger partial charge in [0.15, 0.2) is 5.75 Å². The molecule has 23 nitrogen and oxygen atoms in total. The van der Waals surface area contributed by atoms with Crippen molar-refractivity contribution in [1.82, 2.24) is 41.5 Å². The van der Waals surface area contributed by atoms with E-state index in [9.17, 15) is 59.0 Å². The topological polar surface area (TPSA) is 380 Å². The van der Waals surface area contributed by atoms with Gasteiger partial charge in [-0.15, -0.1) is 0 Å². The van der Waals surface area contributed by atoms with Crippen molar-refractivity contribution in [3.05, 3.63) is 118 Å². The second-order valence-electron chi connectivity index (χ2n) is 14.2. The van der Waals surface area contributed by atoms with E-state index in [0.717, 1.165) is 12.1 Å². The van der Waals surface area contributed by atoms with Gasteiger partial charge in [-0.1, -0.05) is 36.4 Å². The van der Waals surface area contributed by atoms with Crippen LogP contribution in [0.5, 0.6) is 5.75 Å². The maximum Gasteiger partial charge on any atom is 0.310 e. The molecule has 330 valence electrons. The van der Waals surface area contributed by atoms with E-state index in [1.807, 2.05) is 0 Å². The zero-order valence-electron chi connectivity index (χ0n) is 33.1. The van der Waals surface area contributed by atoms with Gasteiger partial charge in [-0.25, -0.2) is 4.98 Å². The lowest BCUT2D eigenvalue weighted by atomic mass is 10.0. The van der Waals surface area contributed by atoms with Crippen LogP contribution in [0.4, 0.5) is 11.4 Å². The number of para-hydroxylation sites is 2. The van der Waals surface area contributed by atoms with Crippen LogP contribution in [0.3, 0.4) is 0 Å². The first-order valence-electron chi connectivity index (χ1n) is 19.0. The summed E-state index contributed by atoms with van der Waals surface area (Å²) in [4.78, 5) is 113. The predicted octanol–water partition coefficient (Wildman–Crippen LogP) is -1.19. The number of phenols is 1. The Balaban J connectivity index is 1.36. The number of aromatic hydroxyl groups is 1. The molecule has 0 saturated heterocycles. The fourth-order valence-corrected chi connectivity index (χ4v) is 6.46. The summed E-state index contributed by atoms with van der Waals surface area (Å²) in [6, 6.07) is 8.18. The Morgan fingerprint density at radius 2 is 1.38 bits per heavy atom. The molecule has 0 aliphatic carbocycles. The van der Waals surface area contributed by atoms with E-state index in [4.69, 9.17) is 11.5 Å².